The van der Waals surface area contributed by atoms with Crippen LogP contribution in [0.1, 0.15) is 30.7 Å². The van der Waals surface area contributed by atoms with Crippen LogP contribution in [0.5, 0.6) is 0 Å². The number of nitrogens with zero attached hydrogens (tertiary/aromatic N) is 1. The molecule has 0 atom stereocenters. The predicted molar refractivity (Wildman–Crippen MR) is 69.6 cm³/mol. The number of imidazole rings is 1. The summed E-state index contributed by atoms with van der Waals surface area (Å²) in [6.07, 6.45) is 5.26. The number of fused-ring (bicyclic) bond motifs is 1. The molecule has 0 amide bonds. The Hall–Kier alpha value is -0.830. The molecule has 84 valence electrons. The molecule has 3 rings (SSSR count). The van der Waals surface area contributed by atoms with Gasteiger partial charge in [0, 0.05) is 10.9 Å². The molecule has 0 unspecified atom stereocenters. The number of aromatic amines is 1. The molecular weight excluding hydrogens is 264 g/mol. The normalized spacial score (nSPS) is 16.6. The predicted octanol–water partition coefficient (Wildman–Crippen LogP) is 3.98. The number of nitrogens with one attached hydrogen (secondary N) is 1. The standard InChI is InChI=1S/C13H15BrN2/c1-8-5-10(14)7-11-13(8)16-12(15-11)6-9-3-2-4-9/h5,7,9H,2-4,6H2,1H3,(H,15,16). The smallest absolute Gasteiger partial charge is 0.107 e. The Bertz CT molecular complexity index is 526. The van der Waals surface area contributed by atoms with E-state index in [9.17, 15) is 0 Å². The van der Waals surface area contributed by atoms with Crippen molar-refractivity contribution in [3.63, 3.8) is 0 Å². The van der Waals surface area contributed by atoms with E-state index in [0.29, 0.717) is 0 Å². The lowest BCUT2D eigenvalue weighted by atomic mass is 9.83. The summed E-state index contributed by atoms with van der Waals surface area (Å²) in [6, 6.07) is 4.23. The van der Waals surface area contributed by atoms with Crippen LogP contribution in [0.15, 0.2) is 16.6 Å². The molecule has 0 radical (unpaired) electrons. The molecule has 1 fully saturated rings. The van der Waals surface area contributed by atoms with Gasteiger partial charge in [-0.2, -0.15) is 0 Å². The van der Waals surface area contributed by atoms with Crippen LogP contribution in [0, 0.1) is 12.8 Å². The van der Waals surface area contributed by atoms with E-state index in [1.807, 2.05) is 0 Å². The third kappa shape index (κ3) is 1.77. The van der Waals surface area contributed by atoms with E-state index in [4.69, 9.17) is 4.98 Å². The lowest BCUT2D eigenvalue weighted by molar-refractivity contribution is 0.310. The van der Waals surface area contributed by atoms with Crippen LogP contribution in [0.4, 0.5) is 0 Å². The number of hydrogen-bond donors (Lipinski definition) is 1. The highest BCUT2D eigenvalue weighted by molar-refractivity contribution is 9.10. The van der Waals surface area contributed by atoms with E-state index in [0.717, 1.165) is 33.7 Å². The van der Waals surface area contributed by atoms with Crippen LogP contribution in [-0.4, -0.2) is 9.97 Å². The van der Waals surface area contributed by atoms with Gasteiger partial charge in [0.1, 0.15) is 5.82 Å². The van der Waals surface area contributed by atoms with Crippen molar-refractivity contribution in [3.05, 3.63) is 28.0 Å². The molecule has 0 spiro atoms. The fourth-order valence-electron chi connectivity index (χ4n) is 2.36. The number of H-pyrrole nitrogens is 1. The van der Waals surface area contributed by atoms with E-state index in [1.54, 1.807) is 0 Å². The van der Waals surface area contributed by atoms with E-state index < -0.39 is 0 Å². The van der Waals surface area contributed by atoms with Gasteiger partial charge in [0.15, 0.2) is 0 Å². The average molecular weight is 279 g/mol. The maximum absolute atomic E-state index is 4.70. The van der Waals surface area contributed by atoms with E-state index in [1.165, 1.54) is 24.8 Å². The summed E-state index contributed by atoms with van der Waals surface area (Å²) in [5.41, 5.74) is 3.51. The van der Waals surface area contributed by atoms with Gasteiger partial charge in [0.25, 0.3) is 0 Å². The third-order valence-electron chi connectivity index (χ3n) is 3.50. The maximum atomic E-state index is 4.70. The molecule has 1 heterocycles. The van der Waals surface area contributed by atoms with Gasteiger partial charge < -0.3 is 4.98 Å². The topological polar surface area (TPSA) is 28.7 Å². The minimum Gasteiger partial charge on any atom is -0.342 e. The molecule has 0 saturated heterocycles. The Balaban J connectivity index is 1.98. The fourth-order valence-corrected chi connectivity index (χ4v) is 2.94. The Labute approximate surface area is 104 Å². The van der Waals surface area contributed by atoms with E-state index in [2.05, 4.69) is 40.0 Å². The van der Waals surface area contributed by atoms with Gasteiger partial charge >= 0.3 is 0 Å². The second-order valence-corrected chi connectivity index (χ2v) is 5.72. The number of rotatable bonds is 2. The summed E-state index contributed by atoms with van der Waals surface area (Å²) in [5.74, 6) is 2.02. The fraction of sp³-hybridized carbons (Fsp3) is 0.462. The maximum Gasteiger partial charge on any atom is 0.107 e. The largest absolute Gasteiger partial charge is 0.342 e. The van der Waals surface area contributed by atoms with Crippen molar-refractivity contribution in [1.82, 2.24) is 9.97 Å². The number of hydrogen-bond acceptors (Lipinski definition) is 1. The molecule has 16 heavy (non-hydrogen) atoms. The van der Waals surface area contributed by atoms with Crippen molar-refractivity contribution in [2.24, 2.45) is 5.92 Å². The molecule has 1 saturated carbocycles. The molecule has 0 aliphatic heterocycles. The van der Waals surface area contributed by atoms with Crippen LogP contribution in [0.25, 0.3) is 11.0 Å². The monoisotopic (exact) mass is 278 g/mol. The van der Waals surface area contributed by atoms with Gasteiger partial charge in [-0.3, -0.25) is 0 Å². The highest BCUT2D eigenvalue weighted by Gasteiger charge is 2.19. The van der Waals surface area contributed by atoms with Crippen molar-refractivity contribution in [2.75, 3.05) is 0 Å². The lowest BCUT2D eigenvalue weighted by Crippen LogP contribution is -2.14. The summed E-state index contributed by atoms with van der Waals surface area (Å²) in [5, 5.41) is 0. The number of benzene rings is 1. The van der Waals surface area contributed by atoms with Gasteiger partial charge in [-0.05, 0) is 30.5 Å². The van der Waals surface area contributed by atoms with E-state index >= 15 is 0 Å². The summed E-state index contributed by atoms with van der Waals surface area (Å²) >= 11 is 3.52. The van der Waals surface area contributed by atoms with Crippen LogP contribution in [0.2, 0.25) is 0 Å². The summed E-state index contributed by atoms with van der Waals surface area (Å²) in [6.45, 7) is 2.11. The zero-order chi connectivity index (χ0) is 11.1. The van der Waals surface area contributed by atoms with Crippen LogP contribution in [-0.2, 0) is 6.42 Å². The van der Waals surface area contributed by atoms with Gasteiger partial charge in [0.05, 0.1) is 11.0 Å². The lowest BCUT2D eigenvalue weighted by Gasteiger charge is -2.23. The Morgan fingerprint density at radius 2 is 2.25 bits per heavy atom. The van der Waals surface area contributed by atoms with Gasteiger partial charge in [0.2, 0.25) is 0 Å². The molecule has 3 heteroatoms. The molecule has 1 aromatic heterocycles. The van der Waals surface area contributed by atoms with Crippen LogP contribution < -0.4 is 0 Å². The Morgan fingerprint density at radius 1 is 1.44 bits per heavy atom. The van der Waals surface area contributed by atoms with Gasteiger partial charge in [-0.1, -0.05) is 35.2 Å². The molecular formula is C13H15BrN2. The zero-order valence-electron chi connectivity index (χ0n) is 9.39. The number of aryl methyl sites for hydroxylation is 1. The summed E-state index contributed by atoms with van der Waals surface area (Å²) in [4.78, 5) is 8.13. The van der Waals surface area contributed by atoms with E-state index in [-0.39, 0.29) is 0 Å². The minimum atomic E-state index is 0.865. The summed E-state index contributed by atoms with van der Waals surface area (Å²) in [7, 11) is 0. The first kappa shape index (κ1) is 10.3. The first-order valence-electron chi connectivity index (χ1n) is 5.87. The first-order valence-corrected chi connectivity index (χ1v) is 6.66. The van der Waals surface area contributed by atoms with Crippen molar-refractivity contribution < 1.29 is 0 Å². The average Bonchev–Trinajstić information content (AvgIpc) is 2.54. The highest BCUT2D eigenvalue weighted by Crippen LogP contribution is 2.30. The van der Waals surface area contributed by atoms with Crippen molar-refractivity contribution >= 4 is 27.0 Å². The quantitative estimate of drug-likeness (QED) is 0.885. The molecule has 1 aliphatic carbocycles. The number of halogens is 1. The third-order valence-corrected chi connectivity index (χ3v) is 3.96. The van der Waals surface area contributed by atoms with Crippen molar-refractivity contribution in [3.8, 4) is 0 Å². The van der Waals surface area contributed by atoms with Crippen LogP contribution >= 0.6 is 15.9 Å². The Kier molecular flexibility index (Phi) is 2.51. The van der Waals surface area contributed by atoms with Gasteiger partial charge in [-0.25, -0.2) is 4.98 Å². The molecule has 1 N–H and O–H groups in total. The van der Waals surface area contributed by atoms with Crippen molar-refractivity contribution in [1.29, 1.82) is 0 Å². The molecule has 0 bridgehead atoms. The Morgan fingerprint density at radius 3 is 2.94 bits per heavy atom. The molecule has 2 nitrogen and oxygen atoms in total. The SMILES string of the molecule is Cc1cc(Br)cc2[nH]c(CC3CCC3)nc12. The summed E-state index contributed by atoms with van der Waals surface area (Å²) < 4.78 is 1.12. The zero-order valence-corrected chi connectivity index (χ0v) is 11.0. The van der Waals surface area contributed by atoms with Gasteiger partial charge in [-0.15, -0.1) is 0 Å². The molecule has 1 aromatic carbocycles. The molecule has 1 aliphatic rings. The second-order valence-electron chi connectivity index (χ2n) is 4.80. The first-order chi connectivity index (χ1) is 7.72. The highest BCUT2D eigenvalue weighted by atomic mass is 79.9. The minimum absolute atomic E-state index is 0.865. The second kappa shape index (κ2) is 3.88. The van der Waals surface area contributed by atoms with Crippen molar-refractivity contribution in [2.45, 2.75) is 32.6 Å². The molecule has 2 aromatic rings. The number of aromatic nitrogens is 2. The van der Waals surface area contributed by atoms with Crippen LogP contribution in [0.3, 0.4) is 0 Å².